The first-order valence-corrected chi connectivity index (χ1v) is 6.90. The third-order valence-corrected chi connectivity index (χ3v) is 3.55. The molecule has 0 unspecified atom stereocenters. The van der Waals surface area contributed by atoms with E-state index < -0.39 is 0 Å². The molecule has 0 aromatic carbocycles. The molecule has 2 heterocycles. The van der Waals surface area contributed by atoms with E-state index >= 15 is 0 Å². The van der Waals surface area contributed by atoms with E-state index in [2.05, 4.69) is 18.9 Å². The minimum atomic E-state index is 0.322. The van der Waals surface area contributed by atoms with Crippen LogP contribution in [0.1, 0.15) is 33.1 Å². The van der Waals surface area contributed by atoms with E-state index in [9.17, 15) is 4.79 Å². The summed E-state index contributed by atoms with van der Waals surface area (Å²) in [6.45, 7) is 7.01. The molecule has 1 aromatic rings. The Kier molecular flexibility index (Phi) is 4.39. The second kappa shape index (κ2) is 6.03. The predicted molar refractivity (Wildman–Crippen MR) is 71.0 cm³/mol. The molecule has 0 atom stereocenters. The van der Waals surface area contributed by atoms with Crippen molar-refractivity contribution in [1.82, 2.24) is 14.7 Å². The summed E-state index contributed by atoms with van der Waals surface area (Å²) < 4.78 is 2.00. The lowest BCUT2D eigenvalue weighted by Crippen LogP contribution is -2.39. The molecule has 0 radical (unpaired) electrons. The first kappa shape index (κ1) is 13.1. The molecule has 1 aromatic heterocycles. The average Bonchev–Trinajstić information content (AvgIpc) is 2.82. The normalized spacial score (nSPS) is 17.4. The zero-order chi connectivity index (χ0) is 13.0. The van der Waals surface area contributed by atoms with E-state index in [4.69, 9.17) is 0 Å². The molecule has 4 heteroatoms. The number of nitrogens with zero attached hydrogens (tertiary/aromatic N) is 3. The van der Waals surface area contributed by atoms with Crippen LogP contribution in [0.2, 0.25) is 0 Å². The third-order valence-electron chi connectivity index (χ3n) is 3.55. The Hall–Kier alpha value is -1.32. The third kappa shape index (κ3) is 3.59. The molecule has 0 N–H and O–H groups in total. The van der Waals surface area contributed by atoms with Gasteiger partial charge in [-0.15, -0.1) is 0 Å². The van der Waals surface area contributed by atoms with Crippen molar-refractivity contribution in [3.63, 3.8) is 0 Å². The van der Waals surface area contributed by atoms with E-state index in [1.165, 1.54) is 0 Å². The van der Waals surface area contributed by atoms with Crippen LogP contribution in [0.3, 0.4) is 0 Å². The highest BCUT2D eigenvalue weighted by molar-refractivity contribution is 5.76. The van der Waals surface area contributed by atoms with Gasteiger partial charge in [0.15, 0.2) is 0 Å². The first-order chi connectivity index (χ1) is 8.65. The van der Waals surface area contributed by atoms with Crippen LogP contribution in [0.15, 0.2) is 18.5 Å². The summed E-state index contributed by atoms with van der Waals surface area (Å²) in [5.74, 6) is 1.44. The molecule has 4 nitrogen and oxygen atoms in total. The highest BCUT2D eigenvalue weighted by atomic mass is 16.2. The average molecular weight is 249 g/mol. The number of aromatic nitrogens is 2. The van der Waals surface area contributed by atoms with Gasteiger partial charge in [0.2, 0.25) is 5.91 Å². The van der Waals surface area contributed by atoms with Gasteiger partial charge in [-0.2, -0.15) is 5.10 Å². The molecule has 1 aliphatic rings. The Bertz CT molecular complexity index is 364. The molecule has 2 rings (SSSR count). The fraction of sp³-hybridized carbons (Fsp3) is 0.714. The van der Waals surface area contributed by atoms with E-state index in [1.807, 2.05) is 28.0 Å². The van der Waals surface area contributed by atoms with E-state index in [-0.39, 0.29) is 0 Å². The lowest BCUT2D eigenvalue weighted by atomic mass is 9.96. The number of amides is 1. The van der Waals surface area contributed by atoms with Crippen molar-refractivity contribution in [3.8, 4) is 0 Å². The minimum Gasteiger partial charge on any atom is -0.343 e. The lowest BCUT2D eigenvalue weighted by molar-refractivity contribution is -0.133. The molecule has 1 saturated heterocycles. The minimum absolute atomic E-state index is 0.322. The van der Waals surface area contributed by atoms with Crippen LogP contribution in [-0.2, 0) is 11.3 Å². The van der Waals surface area contributed by atoms with Crippen molar-refractivity contribution < 1.29 is 4.79 Å². The fourth-order valence-corrected chi connectivity index (χ4v) is 2.52. The topological polar surface area (TPSA) is 38.1 Å². The van der Waals surface area contributed by atoms with Crippen LogP contribution in [0.5, 0.6) is 0 Å². The van der Waals surface area contributed by atoms with Gasteiger partial charge in [-0.3, -0.25) is 9.48 Å². The second-order valence-electron chi connectivity index (χ2n) is 5.65. The maximum atomic E-state index is 11.9. The first-order valence-electron chi connectivity index (χ1n) is 6.90. The molecule has 0 spiro atoms. The zero-order valence-corrected chi connectivity index (χ0v) is 11.4. The van der Waals surface area contributed by atoms with Gasteiger partial charge in [-0.1, -0.05) is 13.8 Å². The highest BCUT2D eigenvalue weighted by Gasteiger charge is 2.23. The zero-order valence-electron chi connectivity index (χ0n) is 11.4. The monoisotopic (exact) mass is 249 g/mol. The van der Waals surface area contributed by atoms with Crippen LogP contribution in [0.25, 0.3) is 0 Å². The highest BCUT2D eigenvalue weighted by Crippen LogP contribution is 2.20. The van der Waals surface area contributed by atoms with Crippen LogP contribution in [0, 0.1) is 11.8 Å². The van der Waals surface area contributed by atoms with Gasteiger partial charge in [0.1, 0.15) is 0 Å². The Labute approximate surface area is 109 Å². The standard InChI is InChI=1S/C14H23N3O/c1-12(2)10-14(18)16-8-4-13(5-9-16)11-17-7-3-6-15-17/h3,6-7,12-13H,4-5,8-11H2,1-2H3. The van der Waals surface area contributed by atoms with Crippen molar-refractivity contribution in [2.24, 2.45) is 11.8 Å². The Balaban J connectivity index is 1.76. The van der Waals surface area contributed by atoms with Crippen molar-refractivity contribution in [2.45, 2.75) is 39.7 Å². The smallest absolute Gasteiger partial charge is 0.222 e. The fourth-order valence-electron chi connectivity index (χ4n) is 2.52. The van der Waals surface area contributed by atoms with Gasteiger partial charge in [0.25, 0.3) is 0 Å². The van der Waals surface area contributed by atoms with Gasteiger partial charge < -0.3 is 4.90 Å². The molecule has 0 bridgehead atoms. The van der Waals surface area contributed by atoms with Crippen LogP contribution < -0.4 is 0 Å². The van der Waals surface area contributed by atoms with Gasteiger partial charge in [0, 0.05) is 38.4 Å². The summed E-state index contributed by atoms with van der Waals surface area (Å²) in [5.41, 5.74) is 0. The van der Waals surface area contributed by atoms with Gasteiger partial charge in [-0.25, -0.2) is 0 Å². The molecule has 1 fully saturated rings. The Morgan fingerprint density at radius 1 is 1.39 bits per heavy atom. The SMILES string of the molecule is CC(C)CC(=O)N1CCC(Cn2cccn2)CC1. The van der Waals surface area contributed by atoms with Crippen molar-refractivity contribution in [3.05, 3.63) is 18.5 Å². The van der Waals surface area contributed by atoms with Crippen LogP contribution in [0.4, 0.5) is 0 Å². The number of carbonyl (C=O) groups is 1. The number of piperidine rings is 1. The molecular formula is C14H23N3O. The molecule has 18 heavy (non-hydrogen) atoms. The number of rotatable bonds is 4. The Morgan fingerprint density at radius 2 is 2.11 bits per heavy atom. The largest absolute Gasteiger partial charge is 0.343 e. The Morgan fingerprint density at radius 3 is 2.67 bits per heavy atom. The molecular weight excluding hydrogens is 226 g/mol. The summed E-state index contributed by atoms with van der Waals surface area (Å²) in [4.78, 5) is 14.0. The molecule has 100 valence electrons. The number of likely N-dealkylation sites (tertiary alicyclic amines) is 1. The van der Waals surface area contributed by atoms with E-state index in [0.29, 0.717) is 24.2 Å². The summed E-state index contributed by atoms with van der Waals surface area (Å²) in [6.07, 6.45) is 6.72. The van der Waals surface area contributed by atoms with Crippen molar-refractivity contribution in [2.75, 3.05) is 13.1 Å². The summed E-state index contributed by atoms with van der Waals surface area (Å²) in [6, 6.07) is 1.96. The van der Waals surface area contributed by atoms with Crippen LogP contribution in [-0.4, -0.2) is 33.7 Å². The molecule has 0 saturated carbocycles. The van der Waals surface area contributed by atoms with E-state index in [0.717, 1.165) is 32.5 Å². The molecule has 0 aliphatic carbocycles. The number of hydrogen-bond donors (Lipinski definition) is 0. The van der Waals surface area contributed by atoms with Gasteiger partial charge in [0.05, 0.1) is 0 Å². The van der Waals surface area contributed by atoms with Gasteiger partial charge >= 0.3 is 0 Å². The maximum Gasteiger partial charge on any atom is 0.222 e. The summed E-state index contributed by atoms with van der Waals surface area (Å²) in [7, 11) is 0. The second-order valence-corrected chi connectivity index (χ2v) is 5.65. The number of carbonyl (C=O) groups excluding carboxylic acids is 1. The molecule has 1 amide bonds. The van der Waals surface area contributed by atoms with Gasteiger partial charge in [-0.05, 0) is 30.7 Å². The van der Waals surface area contributed by atoms with Crippen molar-refractivity contribution in [1.29, 1.82) is 0 Å². The maximum absolute atomic E-state index is 11.9. The summed E-state index contributed by atoms with van der Waals surface area (Å²) >= 11 is 0. The molecule has 1 aliphatic heterocycles. The summed E-state index contributed by atoms with van der Waals surface area (Å²) in [5, 5.41) is 4.24. The lowest BCUT2D eigenvalue weighted by Gasteiger charge is -2.32. The van der Waals surface area contributed by atoms with Crippen LogP contribution >= 0.6 is 0 Å². The predicted octanol–water partition coefficient (Wildman–Crippen LogP) is 2.17. The van der Waals surface area contributed by atoms with E-state index in [1.54, 1.807) is 0 Å². The number of hydrogen-bond acceptors (Lipinski definition) is 2. The quantitative estimate of drug-likeness (QED) is 0.820. The van der Waals surface area contributed by atoms with Crippen molar-refractivity contribution >= 4 is 5.91 Å².